The van der Waals surface area contributed by atoms with Crippen LogP contribution in [0.5, 0.6) is 34.5 Å². The summed E-state index contributed by atoms with van der Waals surface area (Å²) >= 11 is 15.0. The Balaban J connectivity index is 0.000000677. The number of methoxy groups -OCH3 is 2. The Morgan fingerprint density at radius 2 is 0.718 bits per heavy atom. The van der Waals surface area contributed by atoms with Gasteiger partial charge in [-0.1, -0.05) is 0 Å². The number of nitrogens with zero attached hydrogens (tertiary/aromatic N) is 4. The van der Waals surface area contributed by atoms with Gasteiger partial charge in [-0.25, -0.2) is 9.59 Å². The number of carboxylic acid groups (broad SMARTS) is 2. The third-order valence-electron chi connectivity index (χ3n) is 9.43. The quantitative estimate of drug-likeness (QED) is 0.0194. The molecule has 29 heteroatoms. The molecule has 0 bridgehead atoms. The van der Waals surface area contributed by atoms with Crippen molar-refractivity contribution in [2.75, 3.05) is 40.6 Å². The molecular weight excluding hydrogens is 1330 g/mol. The average molecular weight is 1380 g/mol. The van der Waals surface area contributed by atoms with E-state index >= 15 is 0 Å². The van der Waals surface area contributed by atoms with Crippen LogP contribution in [0.25, 0.3) is 0 Å². The van der Waals surface area contributed by atoms with Gasteiger partial charge >= 0.3 is 11.9 Å². The lowest BCUT2D eigenvalue weighted by Crippen LogP contribution is -2.07. The molecule has 0 fully saturated rings. The number of rotatable bonds is 26. The summed E-state index contributed by atoms with van der Waals surface area (Å²) in [7, 11) is 2.61. The van der Waals surface area contributed by atoms with Crippen LogP contribution in [0.4, 0.5) is 22.7 Å². The van der Waals surface area contributed by atoms with E-state index < -0.39 is 76.0 Å². The second-order valence-corrected chi connectivity index (χ2v) is 14.7. The van der Waals surface area contributed by atoms with E-state index in [1.54, 1.807) is 13.8 Å². The van der Waals surface area contributed by atoms with Crippen molar-refractivity contribution in [3.05, 3.63) is 122 Å². The predicted octanol–water partition coefficient (Wildman–Crippen LogP) is 11.4. The Hall–Kier alpha value is -5.67. The van der Waals surface area contributed by atoms with Crippen LogP contribution in [0.2, 0.25) is 0 Å². The topological polar surface area (TPSA) is 337 Å². The van der Waals surface area contributed by atoms with Gasteiger partial charge in [0.05, 0.1) is 84.6 Å². The third kappa shape index (κ3) is 19.1. The van der Waals surface area contributed by atoms with Crippen LogP contribution in [0.1, 0.15) is 91.1 Å². The van der Waals surface area contributed by atoms with Crippen molar-refractivity contribution in [2.45, 2.75) is 52.4 Å². The first-order chi connectivity index (χ1) is 33.1. The number of nitro benzene ring substituents is 4. The van der Waals surface area contributed by atoms with Crippen LogP contribution in [-0.4, -0.2) is 93.0 Å². The molecule has 4 rings (SSSR count). The van der Waals surface area contributed by atoms with E-state index in [1.807, 2.05) is 0 Å². The number of nitro groups is 4. The number of hydrogen-bond acceptors (Lipinski definition) is 18. The van der Waals surface area contributed by atoms with Crippen LogP contribution in [0, 0.1) is 54.3 Å². The number of halogens is 5. The second-order valence-electron chi connectivity index (χ2n) is 14.0. The molecule has 0 aromatic heterocycles. The summed E-state index contributed by atoms with van der Waals surface area (Å²) in [4.78, 5) is 86.8. The molecule has 0 saturated heterocycles. The molecular formula is C42H43Cl2I3N4O20. The Kier molecular flexibility index (Phi) is 28.2. The highest BCUT2D eigenvalue weighted by Crippen LogP contribution is 2.37. The molecule has 0 saturated carbocycles. The van der Waals surface area contributed by atoms with Crippen molar-refractivity contribution in [1.29, 1.82) is 0 Å². The molecule has 386 valence electrons. The van der Waals surface area contributed by atoms with Crippen molar-refractivity contribution in [1.82, 2.24) is 0 Å². The van der Waals surface area contributed by atoms with E-state index in [9.17, 15) is 59.6 Å². The van der Waals surface area contributed by atoms with E-state index in [4.69, 9.17) is 61.8 Å². The molecule has 0 radical (unpaired) electrons. The van der Waals surface area contributed by atoms with Gasteiger partial charge in [-0.05, 0) is 98.8 Å². The molecule has 4 aromatic rings. The van der Waals surface area contributed by atoms with Crippen molar-refractivity contribution in [2.24, 2.45) is 0 Å². The summed E-state index contributed by atoms with van der Waals surface area (Å²) in [6, 6.07) is 9.02. The van der Waals surface area contributed by atoms with E-state index in [0.717, 1.165) is 30.3 Å². The van der Waals surface area contributed by atoms with Crippen molar-refractivity contribution < 1.29 is 77.5 Å². The van der Waals surface area contributed by atoms with E-state index in [1.165, 1.54) is 32.4 Å². The number of unbranched alkanes of at least 4 members (excludes halogenated alkanes) is 4. The fourth-order valence-electron chi connectivity index (χ4n) is 6.06. The number of aromatic carboxylic acids is 2. The molecule has 2 N–H and O–H groups in total. The number of aryl methyl sites for hydroxylation is 2. The van der Waals surface area contributed by atoms with Gasteiger partial charge in [0.2, 0.25) is 0 Å². The molecule has 0 heterocycles. The predicted molar refractivity (Wildman–Crippen MR) is 282 cm³/mol. The van der Waals surface area contributed by atoms with E-state index in [-0.39, 0.29) is 96.0 Å². The standard InChI is InChI=1S/C21H20Cl2N2O9.C21H22N2O11.I2.HI/c1-12-8-13(20(22)26)15(24(28)29)10-17(12)33-6-4-3-5-7-34-19-11-16(25(30)31)14(21(23)27)9-18(19)32-2;1-12-8-13(20(24)25)15(22(28)29)10-17(12)33-6-4-3-5-7-34-19-11-16(23(30)31)14(21(26)27)9-18(19)32-2;1-2;/h8-11H,3-7H2,1-2H3;8-11H,3-7H2,1-2H3,(H,24,25)(H,26,27);;1H. The highest BCUT2D eigenvalue weighted by molar-refractivity contribution is 15.0. The molecule has 0 aliphatic rings. The van der Waals surface area contributed by atoms with Gasteiger partial charge in [-0.2, -0.15) is 0 Å². The summed E-state index contributed by atoms with van der Waals surface area (Å²) in [6.07, 6.45) is 3.50. The fraction of sp³-hybridized carbons (Fsp3) is 0.333. The SMILES string of the molecule is COc1cc(C(=O)Cl)c([N+](=O)[O-])cc1OCCCCCOc1cc([N+](=O)[O-])c(C(=O)Cl)cc1C.COc1cc(C(=O)O)c([N+](=O)[O-])cc1OCCCCCOc1cc([N+](=O)[O-])c(C(=O)O)cc1C.I.II. The normalized spacial score (nSPS) is 10.1. The molecule has 0 aliphatic carbocycles. The fourth-order valence-corrected chi connectivity index (χ4v) is 6.36. The number of hydrogen-bond donors (Lipinski definition) is 2. The number of carbonyl (C=O) groups is 4. The second kappa shape index (κ2) is 31.6. The maximum absolute atomic E-state index is 11.4. The Bertz CT molecular complexity index is 2430. The summed E-state index contributed by atoms with van der Waals surface area (Å²) in [5, 5.41) is 60.9. The van der Waals surface area contributed by atoms with Crippen LogP contribution in [0.3, 0.4) is 0 Å². The van der Waals surface area contributed by atoms with Crippen LogP contribution in [-0.2, 0) is 0 Å². The molecule has 0 unspecified atom stereocenters. The van der Waals surface area contributed by atoms with Gasteiger partial charge in [0.25, 0.3) is 33.2 Å². The summed E-state index contributed by atoms with van der Waals surface area (Å²) in [5.41, 5.74) is -2.55. The zero-order valence-corrected chi connectivity index (χ0v) is 45.8. The third-order valence-corrected chi connectivity index (χ3v) is 9.84. The molecule has 0 aliphatic heterocycles. The molecule has 71 heavy (non-hydrogen) atoms. The number of carboxylic acids is 2. The summed E-state index contributed by atoms with van der Waals surface area (Å²) in [5.74, 6) is -2.06. The first-order valence-electron chi connectivity index (χ1n) is 20.0. The monoisotopic (exact) mass is 1370 g/mol. The lowest BCUT2D eigenvalue weighted by Gasteiger charge is -2.12. The maximum Gasteiger partial charge on any atom is 0.342 e. The molecule has 0 amide bonds. The minimum Gasteiger partial charge on any atom is -0.493 e. The zero-order chi connectivity index (χ0) is 52.8. The smallest absolute Gasteiger partial charge is 0.342 e. The van der Waals surface area contributed by atoms with E-state index in [2.05, 4.69) is 37.2 Å². The van der Waals surface area contributed by atoms with Crippen LogP contribution >= 0.6 is 84.4 Å². The minimum absolute atomic E-state index is 0. The highest BCUT2D eigenvalue weighted by Gasteiger charge is 2.27. The highest BCUT2D eigenvalue weighted by atomic mass is 128. The Morgan fingerprint density at radius 1 is 0.465 bits per heavy atom. The maximum atomic E-state index is 11.4. The molecule has 0 spiro atoms. The zero-order valence-electron chi connectivity index (χ0n) is 37.6. The van der Waals surface area contributed by atoms with Gasteiger partial charge in [0, 0.05) is 49.4 Å². The average Bonchev–Trinajstić information content (AvgIpc) is 3.31. The van der Waals surface area contributed by atoms with E-state index in [0.29, 0.717) is 49.7 Å². The first kappa shape index (κ1) is 63.3. The van der Waals surface area contributed by atoms with Gasteiger partial charge in [0.1, 0.15) is 33.8 Å². The van der Waals surface area contributed by atoms with Gasteiger partial charge in [0.15, 0.2) is 23.0 Å². The number of benzene rings is 4. The minimum atomic E-state index is -1.46. The first-order valence-corrected chi connectivity index (χ1v) is 27.0. The summed E-state index contributed by atoms with van der Waals surface area (Å²) in [6.45, 7) is 4.07. The van der Waals surface area contributed by atoms with Crippen LogP contribution in [0.15, 0.2) is 48.5 Å². The van der Waals surface area contributed by atoms with Crippen molar-refractivity contribution in [3.63, 3.8) is 0 Å². The number of ether oxygens (including phenoxy) is 6. The van der Waals surface area contributed by atoms with Gasteiger partial charge in [-0.3, -0.25) is 50.0 Å². The lowest BCUT2D eigenvalue weighted by molar-refractivity contribution is -0.385. The summed E-state index contributed by atoms with van der Waals surface area (Å²) < 4.78 is 32.4. The van der Waals surface area contributed by atoms with Crippen molar-refractivity contribution >= 4 is 130 Å². The number of carbonyl (C=O) groups excluding carboxylic acids is 2. The largest absolute Gasteiger partial charge is 0.493 e. The molecule has 24 nitrogen and oxygen atoms in total. The van der Waals surface area contributed by atoms with Crippen molar-refractivity contribution in [3.8, 4) is 34.5 Å². The Morgan fingerprint density at radius 3 is 1.01 bits per heavy atom. The van der Waals surface area contributed by atoms with Gasteiger partial charge < -0.3 is 38.6 Å². The Labute approximate surface area is 453 Å². The van der Waals surface area contributed by atoms with Crippen LogP contribution < -0.4 is 28.4 Å². The molecule has 0 atom stereocenters. The molecule has 4 aromatic carbocycles. The lowest BCUT2D eigenvalue weighted by atomic mass is 10.1. The van der Waals surface area contributed by atoms with Gasteiger partial charge in [-0.15, -0.1) is 24.0 Å².